The third-order valence-corrected chi connectivity index (χ3v) is 5.22. The Hall–Kier alpha value is -3.69. The first-order chi connectivity index (χ1) is 14.3. The Labute approximate surface area is 172 Å². The molecule has 156 valence electrons. The molecule has 0 radical (unpaired) electrons. The number of hydrogen-bond donors (Lipinski definition) is 0. The van der Waals surface area contributed by atoms with Crippen molar-refractivity contribution in [2.24, 2.45) is 4.99 Å². The molecule has 1 aromatic carbocycles. The predicted molar refractivity (Wildman–Crippen MR) is 105 cm³/mol. The molecular formula is C20H22N5O5+. The Kier molecular flexibility index (Phi) is 4.56. The van der Waals surface area contributed by atoms with E-state index < -0.39 is 18.0 Å². The maximum atomic E-state index is 13.1. The molecule has 30 heavy (non-hydrogen) atoms. The number of aromatic nitrogens is 2. The molecule has 2 aromatic rings. The van der Waals surface area contributed by atoms with E-state index in [0.29, 0.717) is 29.0 Å². The summed E-state index contributed by atoms with van der Waals surface area (Å²) in [7, 11) is 4.69. The third kappa shape index (κ3) is 2.75. The van der Waals surface area contributed by atoms with Gasteiger partial charge in [-0.15, -0.1) is 0 Å². The van der Waals surface area contributed by atoms with Crippen LogP contribution < -0.4 is 14.0 Å². The van der Waals surface area contributed by atoms with Crippen LogP contribution >= 0.6 is 0 Å². The van der Waals surface area contributed by atoms with E-state index in [2.05, 4.69) is 4.99 Å². The molecule has 3 heterocycles. The highest BCUT2D eigenvalue weighted by molar-refractivity contribution is 6.19. The van der Waals surface area contributed by atoms with Crippen molar-refractivity contribution in [3.05, 3.63) is 30.1 Å². The summed E-state index contributed by atoms with van der Waals surface area (Å²) < 4.78 is 14.4. The Morgan fingerprint density at radius 2 is 1.97 bits per heavy atom. The zero-order valence-electron chi connectivity index (χ0n) is 17.4. The van der Waals surface area contributed by atoms with Crippen LogP contribution in [0.2, 0.25) is 0 Å². The molecule has 4 rings (SSSR count). The molecule has 1 saturated heterocycles. The summed E-state index contributed by atoms with van der Waals surface area (Å²) in [5, 5.41) is 0. The molecule has 0 aliphatic carbocycles. The number of Topliss-reactive ketones (excluding diaryl/α,β-unsaturated/α-hetero) is 1. The Bertz CT molecular complexity index is 1120. The minimum atomic E-state index is -0.821. The molecule has 1 atom stereocenters. The van der Waals surface area contributed by atoms with Gasteiger partial charge in [-0.2, -0.15) is 4.57 Å². The maximum Gasteiger partial charge on any atom is 0.407 e. The molecule has 1 aromatic heterocycles. The lowest BCUT2D eigenvalue weighted by Crippen LogP contribution is -2.63. The lowest BCUT2D eigenvalue weighted by atomic mass is 10.1. The number of methoxy groups -OCH3 is 2. The average molecular weight is 412 g/mol. The van der Waals surface area contributed by atoms with E-state index in [4.69, 9.17) is 9.47 Å². The van der Waals surface area contributed by atoms with E-state index >= 15 is 0 Å². The van der Waals surface area contributed by atoms with E-state index in [1.807, 2.05) is 17.6 Å². The smallest absolute Gasteiger partial charge is 0.407 e. The quantitative estimate of drug-likeness (QED) is 0.687. The zero-order chi connectivity index (χ0) is 21.7. The van der Waals surface area contributed by atoms with Crippen LogP contribution in [-0.4, -0.2) is 65.7 Å². The number of fused-ring (bicyclic) bond motifs is 3. The average Bonchev–Trinajstić information content (AvgIpc) is 3.23. The van der Waals surface area contributed by atoms with Gasteiger partial charge in [0, 0.05) is 13.1 Å². The van der Waals surface area contributed by atoms with Crippen LogP contribution in [0, 0.1) is 6.92 Å². The van der Waals surface area contributed by atoms with Crippen molar-refractivity contribution in [3.8, 4) is 17.2 Å². The number of imide groups is 1. The van der Waals surface area contributed by atoms with Crippen LogP contribution in [0.4, 0.5) is 10.7 Å². The fourth-order valence-corrected chi connectivity index (χ4v) is 3.82. The van der Waals surface area contributed by atoms with Crippen LogP contribution in [-0.2, 0) is 9.59 Å². The number of amidine groups is 1. The fraction of sp³-hybridized carbons (Fsp3) is 0.350. The van der Waals surface area contributed by atoms with Gasteiger partial charge in [0.15, 0.2) is 11.4 Å². The summed E-state index contributed by atoms with van der Waals surface area (Å²) in [4.78, 5) is 44.2. The number of likely N-dealkylation sites (N-methyl/N-ethyl adjacent to an activating group) is 1. The Morgan fingerprint density at radius 3 is 2.60 bits per heavy atom. The van der Waals surface area contributed by atoms with Crippen molar-refractivity contribution in [2.45, 2.75) is 19.9 Å². The second kappa shape index (κ2) is 6.97. The summed E-state index contributed by atoms with van der Waals surface area (Å²) in [6, 6.07) is 4.00. The van der Waals surface area contributed by atoms with Crippen molar-refractivity contribution in [1.82, 2.24) is 14.4 Å². The summed E-state index contributed by atoms with van der Waals surface area (Å²) >= 11 is 0. The van der Waals surface area contributed by atoms with Crippen LogP contribution in [0.25, 0.3) is 5.69 Å². The van der Waals surface area contributed by atoms with Gasteiger partial charge in [0.2, 0.25) is 11.9 Å². The topological polar surface area (TPSA) is 97.3 Å². The number of nitrogens with zero attached hydrogens (tertiary/aromatic N) is 5. The molecule has 0 saturated carbocycles. The molecule has 0 bridgehead atoms. The highest BCUT2D eigenvalue weighted by atomic mass is 16.5. The normalized spacial score (nSPS) is 17.6. The van der Waals surface area contributed by atoms with E-state index in [9.17, 15) is 14.4 Å². The number of hydrogen-bond acceptors (Lipinski definition) is 6. The summed E-state index contributed by atoms with van der Waals surface area (Å²) in [5.41, 5.74) is 1.50. The number of imidazole rings is 1. The van der Waals surface area contributed by atoms with Gasteiger partial charge in [0.25, 0.3) is 5.91 Å². The van der Waals surface area contributed by atoms with E-state index in [-0.39, 0.29) is 12.3 Å². The van der Waals surface area contributed by atoms with Gasteiger partial charge < -0.3 is 9.47 Å². The number of carbonyl (C=O) groups excluding carboxylic acids is 3. The van der Waals surface area contributed by atoms with Gasteiger partial charge in [-0.1, -0.05) is 4.99 Å². The molecule has 1 unspecified atom stereocenters. The summed E-state index contributed by atoms with van der Waals surface area (Å²) in [5.74, 6) is 1.26. The monoisotopic (exact) mass is 412 g/mol. The number of aliphatic imine (C=N–C) groups is 1. The zero-order valence-corrected chi connectivity index (χ0v) is 17.4. The number of ether oxygens (including phenoxy) is 2. The van der Waals surface area contributed by atoms with Crippen molar-refractivity contribution in [3.63, 3.8) is 0 Å². The summed E-state index contributed by atoms with van der Waals surface area (Å²) in [6.45, 7) is 2.95. The number of urea groups is 1. The third-order valence-electron chi connectivity index (χ3n) is 5.22. The highest BCUT2D eigenvalue weighted by Crippen LogP contribution is 2.35. The number of aryl methyl sites for hydroxylation is 1. The fourth-order valence-electron chi connectivity index (χ4n) is 3.82. The van der Waals surface area contributed by atoms with Crippen molar-refractivity contribution in [1.29, 1.82) is 0 Å². The molecule has 1 fully saturated rings. The Balaban J connectivity index is 1.88. The lowest BCUT2D eigenvalue weighted by Gasteiger charge is -2.32. The number of rotatable bonds is 5. The van der Waals surface area contributed by atoms with E-state index in [1.165, 1.54) is 11.8 Å². The van der Waals surface area contributed by atoms with Gasteiger partial charge >= 0.3 is 12.0 Å². The molecule has 2 aliphatic rings. The van der Waals surface area contributed by atoms with E-state index in [1.54, 1.807) is 44.2 Å². The largest absolute Gasteiger partial charge is 0.497 e. The minimum Gasteiger partial charge on any atom is -0.497 e. The number of amides is 3. The molecule has 3 amide bonds. The van der Waals surface area contributed by atoms with Gasteiger partial charge in [0.1, 0.15) is 23.4 Å². The second-order valence-corrected chi connectivity index (χ2v) is 7.19. The first-order valence-corrected chi connectivity index (χ1v) is 9.31. The SMILES string of the molecule is COc1ccc(OC)c(-n2c(C)c[n+]3c2N=C2C3C(=O)N(CC(C)=O)C(=O)N2C)c1. The standard InChI is InChI=1S/C20H22N5O5/c1-11-9-23-16-17(22(3)20(28)24(18(16)27)10-12(2)26)21-19(23)25(11)14-8-13(29-4)6-7-15(14)30-5/h6-9,16H,10H2,1-5H3/q+1. The van der Waals surface area contributed by atoms with Crippen molar-refractivity contribution in [2.75, 3.05) is 27.8 Å². The lowest BCUT2D eigenvalue weighted by molar-refractivity contribution is -0.676. The van der Waals surface area contributed by atoms with Crippen LogP contribution in [0.15, 0.2) is 29.4 Å². The first kappa shape index (κ1) is 19.6. The molecule has 0 N–H and O–H groups in total. The number of carbonyl (C=O) groups is 3. The molecular weight excluding hydrogens is 390 g/mol. The van der Waals surface area contributed by atoms with E-state index in [0.717, 1.165) is 10.6 Å². The second-order valence-electron chi connectivity index (χ2n) is 7.19. The molecule has 10 nitrogen and oxygen atoms in total. The maximum absolute atomic E-state index is 13.1. The Morgan fingerprint density at radius 1 is 1.23 bits per heavy atom. The number of ketones is 1. The van der Waals surface area contributed by atoms with Crippen LogP contribution in [0.3, 0.4) is 0 Å². The van der Waals surface area contributed by atoms with Crippen molar-refractivity contribution >= 4 is 29.5 Å². The first-order valence-electron chi connectivity index (χ1n) is 9.31. The van der Waals surface area contributed by atoms with Crippen molar-refractivity contribution < 1.29 is 28.4 Å². The van der Waals surface area contributed by atoms with Crippen LogP contribution in [0.1, 0.15) is 18.7 Å². The molecule has 10 heteroatoms. The highest BCUT2D eigenvalue weighted by Gasteiger charge is 2.53. The molecule has 0 spiro atoms. The van der Waals surface area contributed by atoms with Gasteiger partial charge in [-0.25, -0.2) is 9.36 Å². The predicted octanol–water partition coefficient (Wildman–Crippen LogP) is 1.16. The summed E-state index contributed by atoms with van der Waals surface area (Å²) in [6.07, 6.45) is 1.79. The minimum absolute atomic E-state index is 0.273. The molecule has 2 aliphatic heterocycles. The van der Waals surface area contributed by atoms with Gasteiger partial charge in [-0.3, -0.25) is 19.4 Å². The van der Waals surface area contributed by atoms with Crippen LogP contribution in [0.5, 0.6) is 11.5 Å². The van der Waals surface area contributed by atoms with Gasteiger partial charge in [-0.05, 0) is 26.0 Å². The van der Waals surface area contributed by atoms with Gasteiger partial charge in [0.05, 0.1) is 20.8 Å². The number of benzene rings is 1.